The van der Waals surface area contributed by atoms with Crippen molar-refractivity contribution in [1.82, 2.24) is 15.7 Å². The van der Waals surface area contributed by atoms with E-state index < -0.39 is 5.66 Å². The van der Waals surface area contributed by atoms with Gasteiger partial charge in [-0.15, -0.1) is 0 Å². The zero-order valence-corrected chi connectivity index (χ0v) is 14.0. The van der Waals surface area contributed by atoms with Crippen LogP contribution in [0.3, 0.4) is 0 Å². The highest BCUT2D eigenvalue weighted by Gasteiger charge is 2.39. The first-order valence-corrected chi connectivity index (χ1v) is 8.54. The SMILES string of the molecule is Clc1ccc(C2(NCC3CCCO3)NN=Cc3cccnc32)cc1. The number of aromatic nitrogens is 1. The average Bonchev–Trinajstić information content (AvgIpc) is 3.14. The molecule has 2 aliphatic rings. The van der Waals surface area contributed by atoms with Gasteiger partial charge in [0.2, 0.25) is 0 Å². The molecule has 0 bridgehead atoms. The highest BCUT2D eigenvalue weighted by molar-refractivity contribution is 6.30. The topological polar surface area (TPSA) is 58.5 Å². The Labute approximate surface area is 146 Å². The van der Waals surface area contributed by atoms with Crippen molar-refractivity contribution >= 4 is 17.8 Å². The van der Waals surface area contributed by atoms with Crippen molar-refractivity contribution in [3.05, 3.63) is 64.4 Å². The summed E-state index contributed by atoms with van der Waals surface area (Å²) in [6.07, 6.45) is 6.00. The van der Waals surface area contributed by atoms with E-state index in [1.807, 2.05) is 36.4 Å². The fraction of sp³-hybridized carbons (Fsp3) is 0.333. The first-order chi connectivity index (χ1) is 11.8. The van der Waals surface area contributed by atoms with Crippen LogP contribution >= 0.6 is 11.6 Å². The quantitative estimate of drug-likeness (QED) is 0.896. The number of hydrazone groups is 1. The average molecular weight is 343 g/mol. The van der Waals surface area contributed by atoms with Crippen LogP contribution in [-0.4, -0.2) is 30.5 Å². The molecule has 1 aromatic heterocycles. The Morgan fingerprint density at radius 3 is 2.96 bits per heavy atom. The highest BCUT2D eigenvalue weighted by atomic mass is 35.5. The second kappa shape index (κ2) is 6.51. The van der Waals surface area contributed by atoms with Crippen molar-refractivity contribution in [3.8, 4) is 0 Å². The molecule has 0 radical (unpaired) electrons. The Balaban J connectivity index is 1.74. The van der Waals surface area contributed by atoms with Gasteiger partial charge < -0.3 is 4.74 Å². The number of rotatable bonds is 4. The smallest absolute Gasteiger partial charge is 0.174 e. The lowest BCUT2D eigenvalue weighted by Crippen LogP contribution is -2.57. The van der Waals surface area contributed by atoms with Crippen molar-refractivity contribution in [1.29, 1.82) is 0 Å². The van der Waals surface area contributed by atoms with Crippen LogP contribution in [0.1, 0.15) is 29.7 Å². The van der Waals surface area contributed by atoms with Gasteiger partial charge >= 0.3 is 0 Å². The number of pyridine rings is 1. The van der Waals surface area contributed by atoms with Crippen molar-refractivity contribution in [2.24, 2.45) is 5.10 Å². The molecule has 1 saturated heterocycles. The minimum absolute atomic E-state index is 0.217. The molecule has 0 saturated carbocycles. The third-order valence-electron chi connectivity index (χ3n) is 4.53. The molecule has 0 aliphatic carbocycles. The number of hydrogen-bond donors (Lipinski definition) is 2. The second-order valence-electron chi connectivity index (χ2n) is 6.08. The third kappa shape index (κ3) is 2.79. The molecule has 24 heavy (non-hydrogen) atoms. The summed E-state index contributed by atoms with van der Waals surface area (Å²) in [4.78, 5) is 4.63. The summed E-state index contributed by atoms with van der Waals surface area (Å²) < 4.78 is 5.76. The number of halogens is 1. The normalized spacial score (nSPS) is 25.3. The van der Waals surface area contributed by atoms with Crippen LogP contribution in [0.2, 0.25) is 5.02 Å². The van der Waals surface area contributed by atoms with Gasteiger partial charge in [-0.25, -0.2) is 0 Å². The maximum absolute atomic E-state index is 6.07. The number of hydrogen-bond acceptors (Lipinski definition) is 5. The molecule has 4 rings (SSSR count). The van der Waals surface area contributed by atoms with E-state index in [1.54, 1.807) is 12.4 Å². The van der Waals surface area contributed by atoms with Crippen LogP contribution in [-0.2, 0) is 10.4 Å². The molecular weight excluding hydrogens is 324 g/mol. The lowest BCUT2D eigenvalue weighted by molar-refractivity contribution is 0.0995. The third-order valence-corrected chi connectivity index (χ3v) is 4.78. The summed E-state index contributed by atoms with van der Waals surface area (Å²) in [6, 6.07) is 11.7. The van der Waals surface area contributed by atoms with Gasteiger partial charge in [0.25, 0.3) is 0 Å². The van der Waals surface area contributed by atoms with Gasteiger partial charge in [0.1, 0.15) is 0 Å². The molecule has 2 aliphatic heterocycles. The van der Waals surface area contributed by atoms with Gasteiger partial charge in [0, 0.05) is 29.9 Å². The fourth-order valence-corrected chi connectivity index (χ4v) is 3.41. The summed E-state index contributed by atoms with van der Waals surface area (Å²) in [5, 5.41) is 8.68. The van der Waals surface area contributed by atoms with E-state index >= 15 is 0 Å². The van der Waals surface area contributed by atoms with Crippen LogP contribution in [0.5, 0.6) is 0 Å². The summed E-state index contributed by atoms with van der Waals surface area (Å²) in [5.41, 5.74) is 5.46. The molecule has 3 heterocycles. The minimum Gasteiger partial charge on any atom is -0.377 e. The number of fused-ring (bicyclic) bond motifs is 1. The van der Waals surface area contributed by atoms with E-state index in [1.165, 1.54) is 0 Å². The molecule has 1 aromatic carbocycles. The Morgan fingerprint density at radius 2 is 2.17 bits per heavy atom. The molecule has 1 fully saturated rings. The summed E-state index contributed by atoms with van der Waals surface area (Å²) in [5.74, 6) is 0. The van der Waals surface area contributed by atoms with Gasteiger partial charge in [-0.05, 0) is 42.7 Å². The molecule has 0 amide bonds. The predicted octanol–water partition coefficient (Wildman–Crippen LogP) is 2.64. The summed E-state index contributed by atoms with van der Waals surface area (Å²) >= 11 is 6.07. The monoisotopic (exact) mass is 342 g/mol. The van der Waals surface area contributed by atoms with Gasteiger partial charge in [-0.2, -0.15) is 5.10 Å². The number of nitrogens with one attached hydrogen (secondary N) is 2. The zero-order valence-electron chi connectivity index (χ0n) is 13.2. The van der Waals surface area contributed by atoms with E-state index in [2.05, 4.69) is 20.8 Å². The second-order valence-corrected chi connectivity index (χ2v) is 6.52. The van der Waals surface area contributed by atoms with Crippen molar-refractivity contribution in [2.75, 3.05) is 13.2 Å². The van der Waals surface area contributed by atoms with Gasteiger partial charge in [0.15, 0.2) is 5.66 Å². The molecule has 6 heteroatoms. The number of benzene rings is 1. The Hall–Kier alpha value is -1.95. The minimum atomic E-state index is -0.693. The predicted molar refractivity (Wildman–Crippen MR) is 94.2 cm³/mol. The first kappa shape index (κ1) is 15.6. The van der Waals surface area contributed by atoms with E-state index in [-0.39, 0.29) is 6.10 Å². The van der Waals surface area contributed by atoms with Crippen molar-refractivity contribution in [3.63, 3.8) is 0 Å². The molecule has 5 nitrogen and oxygen atoms in total. The van der Waals surface area contributed by atoms with Crippen molar-refractivity contribution < 1.29 is 4.74 Å². The van der Waals surface area contributed by atoms with Crippen LogP contribution in [0, 0.1) is 0 Å². The summed E-state index contributed by atoms with van der Waals surface area (Å²) in [7, 11) is 0. The summed E-state index contributed by atoms with van der Waals surface area (Å²) in [6.45, 7) is 1.56. The Bertz CT molecular complexity index is 743. The number of ether oxygens (including phenoxy) is 1. The maximum Gasteiger partial charge on any atom is 0.174 e. The lowest BCUT2D eigenvalue weighted by Gasteiger charge is -2.38. The van der Waals surface area contributed by atoms with E-state index in [4.69, 9.17) is 16.3 Å². The van der Waals surface area contributed by atoms with Crippen LogP contribution in [0.15, 0.2) is 47.7 Å². The molecule has 124 valence electrons. The largest absolute Gasteiger partial charge is 0.377 e. The van der Waals surface area contributed by atoms with Crippen LogP contribution in [0.25, 0.3) is 0 Å². The van der Waals surface area contributed by atoms with Crippen molar-refractivity contribution in [2.45, 2.75) is 24.6 Å². The van der Waals surface area contributed by atoms with E-state index in [0.717, 1.165) is 42.8 Å². The molecule has 2 atom stereocenters. The Morgan fingerprint density at radius 1 is 1.29 bits per heavy atom. The fourth-order valence-electron chi connectivity index (χ4n) is 3.29. The van der Waals surface area contributed by atoms with Gasteiger partial charge in [0.05, 0.1) is 18.0 Å². The highest BCUT2D eigenvalue weighted by Crippen LogP contribution is 2.31. The molecular formula is C18H19ClN4O. The Kier molecular flexibility index (Phi) is 4.22. The molecule has 2 N–H and O–H groups in total. The van der Waals surface area contributed by atoms with E-state index in [9.17, 15) is 0 Å². The lowest BCUT2D eigenvalue weighted by atomic mass is 9.91. The molecule has 2 aromatic rings. The number of nitrogens with zero attached hydrogens (tertiary/aromatic N) is 2. The van der Waals surface area contributed by atoms with Crippen LogP contribution in [0.4, 0.5) is 0 Å². The molecule has 2 unspecified atom stereocenters. The first-order valence-electron chi connectivity index (χ1n) is 8.16. The van der Waals surface area contributed by atoms with Gasteiger partial charge in [-0.3, -0.25) is 15.7 Å². The van der Waals surface area contributed by atoms with Gasteiger partial charge in [-0.1, -0.05) is 23.7 Å². The van der Waals surface area contributed by atoms with E-state index in [0.29, 0.717) is 5.02 Å². The standard InChI is InChI=1S/C18H19ClN4O/c19-15-7-5-14(6-8-15)18(21-12-16-4-2-10-24-16)17-13(11-22-23-18)3-1-9-20-17/h1,3,5-9,11,16,21,23H,2,4,10,12H2. The maximum atomic E-state index is 6.07. The zero-order chi connectivity index (χ0) is 16.4. The molecule has 0 spiro atoms. The van der Waals surface area contributed by atoms with Crippen LogP contribution < -0.4 is 10.7 Å².